The van der Waals surface area contributed by atoms with Crippen LogP contribution in [0.2, 0.25) is 0 Å². The molecular weight excluding hydrogens is 178 g/mol. The summed E-state index contributed by atoms with van der Waals surface area (Å²) in [5.74, 6) is 2.51. The first-order valence-corrected chi connectivity index (χ1v) is 5.05. The second kappa shape index (κ2) is 3.82. The summed E-state index contributed by atoms with van der Waals surface area (Å²) in [5.41, 5.74) is 1.03. The lowest BCUT2D eigenvalue weighted by Crippen LogP contribution is -2.21. The highest BCUT2D eigenvalue weighted by Crippen LogP contribution is 2.28. The van der Waals surface area contributed by atoms with Gasteiger partial charge in [0.15, 0.2) is 11.6 Å². The van der Waals surface area contributed by atoms with Crippen LogP contribution in [0.3, 0.4) is 0 Å². The van der Waals surface area contributed by atoms with E-state index in [0.717, 1.165) is 42.5 Å². The third-order valence-corrected chi connectivity index (χ3v) is 2.18. The van der Waals surface area contributed by atoms with Crippen LogP contribution in [-0.2, 0) is 6.42 Å². The van der Waals surface area contributed by atoms with Crippen LogP contribution in [0.1, 0.15) is 24.9 Å². The van der Waals surface area contributed by atoms with E-state index in [9.17, 15) is 0 Å². The molecule has 1 aliphatic rings. The smallest absolute Gasteiger partial charge is 0.183 e. The van der Waals surface area contributed by atoms with Crippen molar-refractivity contribution < 1.29 is 4.74 Å². The predicted molar refractivity (Wildman–Crippen MR) is 54.7 cm³/mol. The van der Waals surface area contributed by atoms with Gasteiger partial charge in [0.25, 0.3) is 0 Å². The standard InChI is InChI=1S/C10H15N3O/c1-3-4-8-9-10(11-5-6-14-9)13-7(2)12-8/h3-6H2,1-2H3,(H,11,12,13). The van der Waals surface area contributed by atoms with Gasteiger partial charge >= 0.3 is 0 Å². The highest BCUT2D eigenvalue weighted by molar-refractivity contribution is 5.54. The molecular formula is C10H15N3O. The first kappa shape index (κ1) is 9.24. The molecule has 4 nitrogen and oxygen atoms in total. The van der Waals surface area contributed by atoms with E-state index in [2.05, 4.69) is 22.2 Å². The van der Waals surface area contributed by atoms with Gasteiger partial charge in [0.2, 0.25) is 0 Å². The summed E-state index contributed by atoms with van der Waals surface area (Å²) in [6.45, 7) is 5.58. The Bertz CT molecular complexity index is 338. The second-order valence-electron chi connectivity index (χ2n) is 3.42. The largest absolute Gasteiger partial charge is 0.486 e. The van der Waals surface area contributed by atoms with E-state index < -0.39 is 0 Å². The Kier molecular flexibility index (Phi) is 2.52. The minimum Gasteiger partial charge on any atom is -0.486 e. The summed E-state index contributed by atoms with van der Waals surface area (Å²) in [5, 5.41) is 3.23. The quantitative estimate of drug-likeness (QED) is 0.774. The van der Waals surface area contributed by atoms with Gasteiger partial charge in [-0.1, -0.05) is 13.3 Å². The van der Waals surface area contributed by atoms with Gasteiger partial charge in [-0.15, -0.1) is 0 Å². The highest BCUT2D eigenvalue weighted by atomic mass is 16.5. The number of rotatable bonds is 2. The maximum atomic E-state index is 5.57. The molecule has 0 spiro atoms. The van der Waals surface area contributed by atoms with Crippen LogP contribution in [0.15, 0.2) is 0 Å². The summed E-state index contributed by atoms with van der Waals surface area (Å²) >= 11 is 0. The predicted octanol–water partition coefficient (Wildman–Crippen LogP) is 1.54. The van der Waals surface area contributed by atoms with E-state index in [0.29, 0.717) is 6.61 Å². The van der Waals surface area contributed by atoms with Crippen LogP contribution in [-0.4, -0.2) is 23.1 Å². The first-order chi connectivity index (χ1) is 6.81. The molecule has 0 bridgehead atoms. The molecule has 0 amide bonds. The molecule has 76 valence electrons. The summed E-state index contributed by atoms with van der Waals surface area (Å²) < 4.78 is 5.57. The molecule has 2 heterocycles. The van der Waals surface area contributed by atoms with Crippen LogP contribution < -0.4 is 10.1 Å². The normalized spacial score (nSPS) is 14.1. The number of nitrogens with one attached hydrogen (secondary N) is 1. The molecule has 1 aromatic heterocycles. The van der Waals surface area contributed by atoms with Crippen LogP contribution >= 0.6 is 0 Å². The molecule has 0 fully saturated rings. The Balaban J connectivity index is 2.41. The molecule has 0 aliphatic carbocycles. The van der Waals surface area contributed by atoms with E-state index in [1.165, 1.54) is 0 Å². The van der Waals surface area contributed by atoms with Crippen molar-refractivity contribution in [2.45, 2.75) is 26.7 Å². The van der Waals surface area contributed by atoms with Gasteiger partial charge in [0.1, 0.15) is 12.4 Å². The fourth-order valence-corrected chi connectivity index (χ4v) is 1.62. The second-order valence-corrected chi connectivity index (χ2v) is 3.42. The zero-order valence-electron chi connectivity index (χ0n) is 8.63. The molecule has 1 aromatic rings. The van der Waals surface area contributed by atoms with Gasteiger partial charge in [-0.2, -0.15) is 0 Å². The number of aromatic nitrogens is 2. The maximum Gasteiger partial charge on any atom is 0.183 e. The lowest BCUT2D eigenvalue weighted by Gasteiger charge is -2.20. The third kappa shape index (κ3) is 1.64. The average molecular weight is 193 g/mol. The molecule has 0 atom stereocenters. The van der Waals surface area contributed by atoms with E-state index in [1.807, 2.05) is 6.92 Å². The number of anilines is 1. The molecule has 1 N–H and O–H groups in total. The van der Waals surface area contributed by atoms with Crippen molar-refractivity contribution in [1.29, 1.82) is 0 Å². The zero-order valence-corrected chi connectivity index (χ0v) is 8.63. The number of nitrogens with zero attached hydrogens (tertiary/aromatic N) is 2. The Morgan fingerprint density at radius 2 is 2.29 bits per heavy atom. The molecule has 4 heteroatoms. The van der Waals surface area contributed by atoms with Crippen molar-refractivity contribution in [3.05, 3.63) is 11.5 Å². The summed E-state index contributed by atoms with van der Waals surface area (Å²) in [6, 6.07) is 0. The van der Waals surface area contributed by atoms with Crippen molar-refractivity contribution >= 4 is 5.82 Å². The monoisotopic (exact) mass is 193 g/mol. The zero-order chi connectivity index (χ0) is 9.97. The van der Waals surface area contributed by atoms with Crippen molar-refractivity contribution in [1.82, 2.24) is 9.97 Å². The molecule has 2 rings (SSSR count). The molecule has 0 saturated heterocycles. The van der Waals surface area contributed by atoms with Crippen molar-refractivity contribution in [3.8, 4) is 5.75 Å². The molecule has 14 heavy (non-hydrogen) atoms. The van der Waals surface area contributed by atoms with E-state index in [-0.39, 0.29) is 0 Å². The minimum absolute atomic E-state index is 0.704. The van der Waals surface area contributed by atoms with E-state index in [4.69, 9.17) is 4.74 Å². The van der Waals surface area contributed by atoms with Crippen LogP contribution in [0, 0.1) is 6.92 Å². The van der Waals surface area contributed by atoms with E-state index >= 15 is 0 Å². The van der Waals surface area contributed by atoms with Gasteiger partial charge in [-0.25, -0.2) is 9.97 Å². The highest BCUT2D eigenvalue weighted by Gasteiger charge is 2.16. The SMILES string of the molecule is CCCc1nc(C)nc2c1OCCN2. The van der Waals surface area contributed by atoms with E-state index in [1.54, 1.807) is 0 Å². The lowest BCUT2D eigenvalue weighted by molar-refractivity contribution is 0.315. The first-order valence-electron chi connectivity index (χ1n) is 5.05. The maximum absolute atomic E-state index is 5.57. The van der Waals surface area contributed by atoms with Gasteiger partial charge in [-0.3, -0.25) is 0 Å². The van der Waals surface area contributed by atoms with Gasteiger partial charge < -0.3 is 10.1 Å². The molecule has 0 radical (unpaired) electrons. The van der Waals surface area contributed by atoms with Gasteiger partial charge in [0, 0.05) is 0 Å². The van der Waals surface area contributed by atoms with Crippen molar-refractivity contribution in [2.24, 2.45) is 0 Å². The molecule has 0 saturated carbocycles. The summed E-state index contributed by atoms with van der Waals surface area (Å²) in [4.78, 5) is 8.71. The van der Waals surface area contributed by atoms with Crippen LogP contribution in [0.25, 0.3) is 0 Å². The fraction of sp³-hybridized carbons (Fsp3) is 0.600. The number of ether oxygens (including phenoxy) is 1. The summed E-state index contributed by atoms with van der Waals surface area (Å²) in [6.07, 6.45) is 2.03. The summed E-state index contributed by atoms with van der Waals surface area (Å²) in [7, 11) is 0. The Labute approximate surface area is 83.7 Å². The van der Waals surface area contributed by atoms with Crippen molar-refractivity contribution in [2.75, 3.05) is 18.5 Å². The Morgan fingerprint density at radius 3 is 3.07 bits per heavy atom. The Morgan fingerprint density at radius 1 is 1.43 bits per heavy atom. The average Bonchev–Trinajstić information content (AvgIpc) is 2.18. The van der Waals surface area contributed by atoms with Crippen molar-refractivity contribution in [3.63, 3.8) is 0 Å². The van der Waals surface area contributed by atoms with Crippen LogP contribution in [0.4, 0.5) is 5.82 Å². The number of hydrogen-bond acceptors (Lipinski definition) is 4. The topological polar surface area (TPSA) is 47.0 Å². The lowest BCUT2D eigenvalue weighted by atomic mass is 10.2. The van der Waals surface area contributed by atoms with Gasteiger partial charge in [-0.05, 0) is 13.3 Å². The molecule has 0 unspecified atom stereocenters. The number of fused-ring (bicyclic) bond motifs is 1. The number of aryl methyl sites for hydroxylation is 2. The molecule has 0 aromatic carbocycles. The number of hydrogen-bond donors (Lipinski definition) is 1. The fourth-order valence-electron chi connectivity index (χ4n) is 1.62. The third-order valence-electron chi connectivity index (χ3n) is 2.18. The van der Waals surface area contributed by atoms with Crippen LogP contribution in [0.5, 0.6) is 5.75 Å². The van der Waals surface area contributed by atoms with Gasteiger partial charge in [0.05, 0.1) is 12.2 Å². The Hall–Kier alpha value is -1.32. The molecule has 1 aliphatic heterocycles. The minimum atomic E-state index is 0.704.